The van der Waals surface area contributed by atoms with E-state index in [1.54, 1.807) is 23.1 Å². The van der Waals surface area contributed by atoms with E-state index in [1.807, 2.05) is 48.8 Å². The molecule has 1 unspecified atom stereocenters. The number of nitrogens with zero attached hydrogens (tertiary/aromatic N) is 6. The van der Waals surface area contributed by atoms with Gasteiger partial charge < -0.3 is 15.4 Å². The summed E-state index contributed by atoms with van der Waals surface area (Å²) < 4.78 is 33.4. The molecule has 0 bridgehead atoms. The number of H-pyrrole nitrogens is 1. The summed E-state index contributed by atoms with van der Waals surface area (Å²) in [7, 11) is 0. The van der Waals surface area contributed by atoms with Gasteiger partial charge in [0.15, 0.2) is 0 Å². The van der Waals surface area contributed by atoms with E-state index in [9.17, 15) is 23.2 Å². The second kappa shape index (κ2) is 11.9. The molecule has 0 aliphatic rings. The molecule has 0 radical (unpaired) electrons. The zero-order valence-electron chi connectivity index (χ0n) is 20.4. The Morgan fingerprint density at radius 3 is 2.58 bits per heavy atom. The number of hydrogen-bond donors (Lipinski definition) is 3. The van der Waals surface area contributed by atoms with Crippen molar-refractivity contribution in [2.45, 2.75) is 18.6 Å². The maximum absolute atomic E-state index is 12.7. The molecule has 0 spiro atoms. The van der Waals surface area contributed by atoms with Crippen molar-refractivity contribution in [3.8, 4) is 17.3 Å². The van der Waals surface area contributed by atoms with Crippen molar-refractivity contribution >= 4 is 28.6 Å². The molecule has 0 saturated heterocycles. The highest BCUT2D eigenvalue weighted by atomic mass is 19.4. The Hall–Kier alpha value is -5.58. The number of carbonyl (C=O) groups excluding carboxylic acids is 1. The molecule has 11 nitrogen and oxygen atoms in total. The maximum atomic E-state index is 12.7. The Labute approximate surface area is 224 Å². The fourth-order valence-electron chi connectivity index (χ4n) is 3.67. The van der Waals surface area contributed by atoms with Crippen LogP contribution in [0.4, 0.5) is 18.9 Å². The number of pyridine rings is 1. The first-order valence-electron chi connectivity index (χ1n) is 11.5. The third-order valence-electron chi connectivity index (χ3n) is 5.51. The first-order valence-corrected chi connectivity index (χ1v) is 11.5. The summed E-state index contributed by atoms with van der Waals surface area (Å²) in [5, 5.41) is 24.8. The van der Waals surface area contributed by atoms with Gasteiger partial charge in [-0.15, -0.1) is 0 Å². The zero-order chi connectivity index (χ0) is 28.7. The van der Waals surface area contributed by atoms with Crippen molar-refractivity contribution in [1.82, 2.24) is 29.7 Å². The summed E-state index contributed by atoms with van der Waals surface area (Å²) in [4.78, 5) is 37.5. The number of hydrogen-bond acceptors (Lipinski definition) is 7. The summed E-state index contributed by atoms with van der Waals surface area (Å²) in [6.07, 6.45) is 5.09. The number of benzene rings is 1. The number of alkyl halides is 3. The van der Waals surface area contributed by atoms with Crippen LogP contribution >= 0.6 is 0 Å². The summed E-state index contributed by atoms with van der Waals surface area (Å²) in [6, 6.07) is 14.6. The fourth-order valence-corrected chi connectivity index (χ4v) is 3.67. The van der Waals surface area contributed by atoms with Gasteiger partial charge in [0.05, 0.1) is 36.0 Å². The van der Waals surface area contributed by atoms with E-state index in [4.69, 9.17) is 9.90 Å². The highest BCUT2D eigenvalue weighted by molar-refractivity contribution is 6.04. The average Bonchev–Trinajstić information content (AvgIpc) is 3.62. The zero-order valence-corrected chi connectivity index (χ0v) is 20.4. The van der Waals surface area contributed by atoms with Gasteiger partial charge in [-0.25, -0.2) is 14.8 Å². The molecule has 1 aromatic carbocycles. The molecule has 3 N–H and O–H groups in total. The molecule has 202 valence electrons. The number of para-hydroxylation sites is 1. The van der Waals surface area contributed by atoms with E-state index in [1.165, 1.54) is 12.5 Å². The van der Waals surface area contributed by atoms with Crippen molar-refractivity contribution in [3.63, 3.8) is 0 Å². The first-order chi connectivity index (χ1) is 19.2. The number of anilines is 1. The minimum Gasteiger partial charge on any atom is -0.475 e. The monoisotopic (exact) mass is 548 g/mol. The van der Waals surface area contributed by atoms with Crippen LogP contribution in [0, 0.1) is 11.3 Å². The van der Waals surface area contributed by atoms with Crippen molar-refractivity contribution in [3.05, 3.63) is 90.9 Å². The molecular weight excluding hydrogens is 529 g/mol. The number of rotatable bonds is 6. The van der Waals surface area contributed by atoms with E-state index in [-0.39, 0.29) is 12.3 Å². The number of carbonyl (C=O) groups is 2. The standard InChI is InChI=1S/C24H18N8O.C2HF3O2/c25-8-6-21(16-10-17(12-26-11-16)24(33)31-19-4-2-1-3-5-19)32-14-18(13-30-32)22-20-7-9-27-23(20)29-15-28-22;3-2(4,5)1(6)7/h1-5,7,9-15,21H,6H2,(H,31,33)(H,27,28,29);(H,6,7). The van der Waals surface area contributed by atoms with Gasteiger partial charge in [-0.2, -0.15) is 23.5 Å². The Morgan fingerprint density at radius 1 is 1.12 bits per heavy atom. The summed E-state index contributed by atoms with van der Waals surface area (Å²) in [5.41, 5.74) is 4.09. The fraction of sp³-hybridized carbons (Fsp3) is 0.115. The lowest BCUT2D eigenvalue weighted by Crippen LogP contribution is -2.21. The lowest BCUT2D eigenvalue weighted by Gasteiger charge is -2.15. The highest BCUT2D eigenvalue weighted by Crippen LogP contribution is 2.28. The second-order valence-electron chi connectivity index (χ2n) is 8.18. The van der Waals surface area contributed by atoms with Crippen LogP contribution in [-0.2, 0) is 4.79 Å². The quantitative estimate of drug-likeness (QED) is 0.277. The van der Waals surface area contributed by atoms with Crippen LogP contribution in [0.1, 0.15) is 28.4 Å². The van der Waals surface area contributed by atoms with Crippen LogP contribution < -0.4 is 5.32 Å². The molecule has 0 aliphatic heterocycles. The molecular formula is C26H19F3N8O3. The largest absolute Gasteiger partial charge is 0.490 e. The van der Waals surface area contributed by atoms with Gasteiger partial charge in [-0.1, -0.05) is 18.2 Å². The molecule has 0 saturated carbocycles. The predicted octanol–water partition coefficient (Wildman–Crippen LogP) is 4.61. The minimum absolute atomic E-state index is 0.163. The molecule has 5 rings (SSSR count). The molecule has 0 aliphatic carbocycles. The lowest BCUT2D eigenvalue weighted by molar-refractivity contribution is -0.192. The molecule has 1 amide bonds. The van der Waals surface area contributed by atoms with Crippen molar-refractivity contribution in [2.24, 2.45) is 0 Å². The van der Waals surface area contributed by atoms with Gasteiger partial charge in [0, 0.05) is 41.4 Å². The number of nitrogens with one attached hydrogen (secondary N) is 2. The van der Waals surface area contributed by atoms with Crippen molar-refractivity contribution in [2.75, 3.05) is 5.32 Å². The van der Waals surface area contributed by atoms with Crippen LogP contribution in [-0.4, -0.2) is 52.9 Å². The number of fused-ring (bicyclic) bond motifs is 1. The number of aromatic amines is 1. The van der Waals surface area contributed by atoms with E-state index in [0.717, 1.165) is 22.3 Å². The topological polar surface area (TPSA) is 162 Å². The minimum atomic E-state index is -5.08. The van der Waals surface area contributed by atoms with E-state index < -0.39 is 18.2 Å². The van der Waals surface area contributed by atoms with Crippen LogP contribution in [0.5, 0.6) is 0 Å². The number of aromatic nitrogens is 6. The summed E-state index contributed by atoms with van der Waals surface area (Å²) >= 11 is 0. The van der Waals surface area contributed by atoms with Crippen LogP contribution in [0.3, 0.4) is 0 Å². The lowest BCUT2D eigenvalue weighted by atomic mass is 10.0. The second-order valence-corrected chi connectivity index (χ2v) is 8.18. The molecule has 14 heteroatoms. The van der Waals surface area contributed by atoms with E-state index in [0.29, 0.717) is 16.8 Å². The van der Waals surface area contributed by atoms with Gasteiger partial charge in [-0.05, 0) is 29.8 Å². The number of nitriles is 1. The third kappa shape index (κ3) is 6.45. The number of amides is 1. The van der Waals surface area contributed by atoms with Gasteiger partial charge >= 0.3 is 12.1 Å². The summed E-state index contributed by atoms with van der Waals surface area (Å²) in [6.45, 7) is 0. The van der Waals surface area contributed by atoms with E-state index in [2.05, 4.69) is 36.4 Å². The SMILES string of the molecule is N#CCC(c1cncc(C(=O)Nc2ccccc2)c1)n1cc(-c2ncnc3[nH]ccc23)cn1.O=C(O)C(F)(F)F. The smallest absolute Gasteiger partial charge is 0.475 e. The molecule has 5 aromatic rings. The average molecular weight is 548 g/mol. The Morgan fingerprint density at radius 2 is 1.88 bits per heavy atom. The molecule has 4 heterocycles. The van der Waals surface area contributed by atoms with Gasteiger partial charge in [0.25, 0.3) is 5.91 Å². The number of aliphatic carboxylic acids is 1. The van der Waals surface area contributed by atoms with Crippen LogP contribution in [0.2, 0.25) is 0 Å². The molecule has 1 atom stereocenters. The highest BCUT2D eigenvalue weighted by Gasteiger charge is 2.38. The van der Waals surface area contributed by atoms with Gasteiger partial charge in [-0.3, -0.25) is 14.5 Å². The molecule has 4 aromatic heterocycles. The van der Waals surface area contributed by atoms with Gasteiger partial charge in [0.2, 0.25) is 0 Å². The van der Waals surface area contributed by atoms with Crippen LogP contribution in [0.25, 0.3) is 22.3 Å². The van der Waals surface area contributed by atoms with E-state index >= 15 is 0 Å². The number of halogens is 3. The maximum Gasteiger partial charge on any atom is 0.490 e. The first kappa shape index (κ1) is 27.5. The van der Waals surface area contributed by atoms with Crippen molar-refractivity contribution in [1.29, 1.82) is 5.26 Å². The number of carboxylic acids is 1. The normalized spacial score (nSPS) is 11.7. The van der Waals surface area contributed by atoms with Crippen LogP contribution in [0.15, 0.2) is 79.8 Å². The van der Waals surface area contributed by atoms with Gasteiger partial charge in [0.1, 0.15) is 12.0 Å². The molecule has 0 fully saturated rings. The Balaban J connectivity index is 0.000000470. The van der Waals surface area contributed by atoms with Crippen molar-refractivity contribution < 1.29 is 27.9 Å². The number of carboxylic acid groups (broad SMARTS) is 1. The summed E-state index contributed by atoms with van der Waals surface area (Å²) in [5.74, 6) is -3.03. The third-order valence-corrected chi connectivity index (χ3v) is 5.51. The molecule has 40 heavy (non-hydrogen) atoms. The Kier molecular flexibility index (Phi) is 8.14. The predicted molar refractivity (Wildman–Crippen MR) is 136 cm³/mol. The Bertz CT molecular complexity index is 1680.